The number of rotatable bonds is 2. The molecule has 10 heteroatoms. The van der Waals surface area contributed by atoms with Gasteiger partial charge in [0.1, 0.15) is 0 Å². The normalized spacial score (nSPS) is 20.7. The first kappa shape index (κ1) is 23.8. The third-order valence-corrected chi connectivity index (χ3v) is 6.10. The van der Waals surface area contributed by atoms with E-state index in [2.05, 4.69) is 5.32 Å². The number of nitrogens with one attached hydrogen (secondary N) is 1. The summed E-state index contributed by atoms with van der Waals surface area (Å²) in [5.74, 6) is -2.39. The molecule has 0 unspecified atom stereocenters. The third kappa shape index (κ3) is 4.16. The van der Waals surface area contributed by atoms with Crippen molar-refractivity contribution >= 4 is 5.91 Å². The highest BCUT2D eigenvalue weighted by Gasteiger charge is 2.76. The number of aliphatic hydroxyl groups is 1. The van der Waals surface area contributed by atoms with E-state index < -0.39 is 30.4 Å². The Morgan fingerprint density at radius 3 is 2.19 bits per heavy atom. The molecule has 1 aromatic carbocycles. The molecule has 31 heavy (non-hydrogen) atoms. The maximum Gasteiger partial charge on any atom is 0.435 e. The monoisotopic (exact) mass is 452 g/mol. The summed E-state index contributed by atoms with van der Waals surface area (Å²) in [6.07, 6.45) is -10.6. The Bertz CT molecular complexity index is 837. The van der Waals surface area contributed by atoms with E-state index in [1.807, 2.05) is 32.9 Å². The van der Waals surface area contributed by atoms with E-state index in [9.17, 15) is 36.2 Å². The number of amides is 1. The van der Waals surface area contributed by atoms with Crippen LogP contribution < -0.4 is 5.32 Å². The second-order valence-electron chi connectivity index (χ2n) is 9.28. The summed E-state index contributed by atoms with van der Waals surface area (Å²) in [6.45, 7) is 6.06. The highest BCUT2D eigenvalue weighted by molar-refractivity contribution is 5.87. The van der Waals surface area contributed by atoms with Crippen LogP contribution in [0.1, 0.15) is 61.9 Å². The minimum Gasteiger partial charge on any atom is -0.366 e. The predicted molar refractivity (Wildman–Crippen MR) is 101 cm³/mol. The number of hydrogen-bond acceptors (Lipinski definition) is 3. The van der Waals surface area contributed by atoms with Crippen LogP contribution in [-0.2, 0) is 23.2 Å². The summed E-state index contributed by atoms with van der Waals surface area (Å²) in [4.78, 5) is 12.9. The number of nitrogens with zero attached hydrogens (tertiary/aromatic N) is 1. The van der Waals surface area contributed by atoms with Gasteiger partial charge < -0.3 is 15.3 Å². The largest absolute Gasteiger partial charge is 0.435 e. The zero-order chi connectivity index (χ0) is 23.4. The Kier molecular flexibility index (Phi) is 5.89. The number of benzene rings is 1. The van der Waals surface area contributed by atoms with Crippen molar-refractivity contribution < 1.29 is 36.2 Å². The smallest absolute Gasteiger partial charge is 0.366 e. The molecule has 0 spiro atoms. The molecule has 0 bridgehead atoms. The average molecular weight is 452 g/mol. The van der Waals surface area contributed by atoms with Crippen molar-refractivity contribution in [3.05, 3.63) is 34.4 Å². The second-order valence-corrected chi connectivity index (χ2v) is 9.28. The van der Waals surface area contributed by atoms with E-state index in [1.54, 1.807) is 0 Å². The first-order valence-electron chi connectivity index (χ1n) is 10.1. The van der Waals surface area contributed by atoms with E-state index in [0.717, 1.165) is 36.1 Å². The van der Waals surface area contributed by atoms with Crippen LogP contribution in [-0.4, -0.2) is 47.0 Å². The van der Waals surface area contributed by atoms with Gasteiger partial charge in [0.2, 0.25) is 0 Å². The molecule has 1 saturated heterocycles. The van der Waals surface area contributed by atoms with Crippen molar-refractivity contribution in [3.8, 4) is 0 Å². The molecule has 174 valence electrons. The molecule has 0 aromatic heterocycles. The van der Waals surface area contributed by atoms with Crippen molar-refractivity contribution in [2.75, 3.05) is 13.1 Å². The first-order chi connectivity index (χ1) is 14.1. The van der Waals surface area contributed by atoms with Gasteiger partial charge in [0.25, 0.3) is 5.91 Å². The minimum atomic E-state index is -6.19. The minimum absolute atomic E-state index is 0.0878. The van der Waals surface area contributed by atoms with Gasteiger partial charge in [-0.3, -0.25) is 4.79 Å². The van der Waals surface area contributed by atoms with Gasteiger partial charge in [-0.25, -0.2) is 0 Å². The predicted octanol–water partition coefficient (Wildman–Crippen LogP) is 4.15. The molecule has 4 nitrogen and oxygen atoms in total. The molecule has 3 rings (SSSR count). The fourth-order valence-corrected chi connectivity index (χ4v) is 4.20. The lowest BCUT2D eigenvalue weighted by atomic mass is 9.80. The van der Waals surface area contributed by atoms with E-state index in [-0.39, 0.29) is 24.4 Å². The van der Waals surface area contributed by atoms with E-state index in [1.165, 1.54) is 0 Å². The van der Waals surface area contributed by atoms with Gasteiger partial charge in [-0.15, -0.1) is 0 Å². The molecule has 2 N–H and O–H groups in total. The number of carbonyl (C=O) groups excluding carboxylic acids is 1. The molecule has 2 aliphatic rings. The molecule has 0 saturated carbocycles. The van der Waals surface area contributed by atoms with Crippen LogP contribution in [0.15, 0.2) is 12.1 Å². The van der Waals surface area contributed by atoms with Crippen LogP contribution in [0.25, 0.3) is 0 Å². The van der Waals surface area contributed by atoms with E-state index >= 15 is 0 Å². The summed E-state index contributed by atoms with van der Waals surface area (Å²) < 4.78 is 79.1. The van der Waals surface area contributed by atoms with Crippen LogP contribution in [0.2, 0.25) is 0 Å². The summed E-state index contributed by atoms with van der Waals surface area (Å²) in [7, 11) is 0. The lowest BCUT2D eigenvalue weighted by molar-refractivity contribution is -0.353. The van der Waals surface area contributed by atoms with E-state index in [0.29, 0.717) is 10.5 Å². The maximum absolute atomic E-state index is 13.2. The zero-order valence-electron chi connectivity index (χ0n) is 17.5. The van der Waals surface area contributed by atoms with Crippen LogP contribution in [0.5, 0.6) is 0 Å². The fourth-order valence-electron chi connectivity index (χ4n) is 4.20. The van der Waals surface area contributed by atoms with Crippen LogP contribution in [0.4, 0.5) is 26.3 Å². The fraction of sp³-hybridized carbons (Fsp3) is 0.667. The van der Waals surface area contributed by atoms with Crippen molar-refractivity contribution in [2.24, 2.45) is 0 Å². The number of fused-ring (bicyclic) bond motifs is 1. The summed E-state index contributed by atoms with van der Waals surface area (Å²) >= 11 is 0. The number of carbonyl (C=O) groups is 1. The maximum atomic E-state index is 13.2. The molecule has 1 aromatic rings. The van der Waals surface area contributed by atoms with E-state index in [4.69, 9.17) is 0 Å². The summed E-state index contributed by atoms with van der Waals surface area (Å²) in [6, 6.07) is 3.75. The van der Waals surface area contributed by atoms with Crippen LogP contribution in [0.3, 0.4) is 0 Å². The lowest BCUT2D eigenvalue weighted by Gasteiger charge is -2.39. The molecule has 1 fully saturated rings. The van der Waals surface area contributed by atoms with Gasteiger partial charge in [-0.05, 0) is 53.5 Å². The SMILES string of the molecule is CC(C)(C)c1cc2c(c([C@@H]3CCCN3)c1)CN(C(=O)C(O)(C(F)(F)F)C(F)(F)F)CC2. The van der Waals surface area contributed by atoms with Crippen molar-refractivity contribution in [1.29, 1.82) is 0 Å². The molecule has 0 radical (unpaired) electrons. The average Bonchev–Trinajstić information content (AvgIpc) is 3.17. The highest BCUT2D eigenvalue weighted by Crippen LogP contribution is 2.45. The topological polar surface area (TPSA) is 52.6 Å². The van der Waals surface area contributed by atoms with Crippen molar-refractivity contribution in [2.45, 2.75) is 76.0 Å². The number of halogens is 6. The zero-order valence-corrected chi connectivity index (χ0v) is 17.5. The molecule has 0 aliphatic carbocycles. The lowest BCUT2D eigenvalue weighted by Crippen LogP contribution is -2.66. The van der Waals surface area contributed by atoms with Crippen LogP contribution >= 0.6 is 0 Å². The Morgan fingerprint density at radius 2 is 1.71 bits per heavy atom. The second kappa shape index (κ2) is 7.65. The Morgan fingerprint density at radius 1 is 1.10 bits per heavy atom. The van der Waals surface area contributed by atoms with Gasteiger partial charge in [0.05, 0.1) is 0 Å². The third-order valence-electron chi connectivity index (χ3n) is 6.10. The quantitative estimate of drug-likeness (QED) is 0.663. The Balaban J connectivity index is 2.03. The first-order valence-corrected chi connectivity index (χ1v) is 10.1. The van der Waals surface area contributed by atoms with Crippen molar-refractivity contribution in [1.82, 2.24) is 10.2 Å². The van der Waals surface area contributed by atoms with Gasteiger partial charge in [0.15, 0.2) is 0 Å². The standard InChI is InChI=1S/C21H26F6N2O2/c1-18(2,3)13-9-12-6-8-29(11-15(12)14(10-13)16-5-4-7-28-16)17(30)19(31,20(22,23)24)21(25,26)27/h9-10,16,28,31H,4-8,11H2,1-3H3/t16-/m0/s1. The van der Waals surface area contributed by atoms with Crippen molar-refractivity contribution in [3.63, 3.8) is 0 Å². The van der Waals surface area contributed by atoms with Gasteiger partial charge in [0, 0.05) is 19.1 Å². The van der Waals surface area contributed by atoms with Gasteiger partial charge in [-0.2, -0.15) is 26.3 Å². The summed E-state index contributed by atoms with van der Waals surface area (Å²) in [5.41, 5.74) is -2.48. The van der Waals surface area contributed by atoms with Crippen LogP contribution in [0, 0.1) is 0 Å². The molecular weight excluding hydrogens is 426 g/mol. The number of hydrogen-bond donors (Lipinski definition) is 2. The molecular formula is C21H26F6N2O2. The highest BCUT2D eigenvalue weighted by atomic mass is 19.4. The summed E-state index contributed by atoms with van der Waals surface area (Å²) in [5, 5.41) is 12.8. The number of alkyl halides is 6. The molecule has 1 amide bonds. The van der Waals surface area contributed by atoms with Gasteiger partial charge >= 0.3 is 18.0 Å². The Hall–Kier alpha value is -1.81. The molecule has 1 atom stereocenters. The van der Waals surface area contributed by atoms with Gasteiger partial charge in [-0.1, -0.05) is 32.9 Å². The molecule has 2 aliphatic heterocycles. The Labute approximate surface area is 176 Å². The molecule has 2 heterocycles.